The number of fused-ring (bicyclic) bond motifs is 3. The van der Waals surface area contributed by atoms with Crippen molar-refractivity contribution in [2.45, 2.75) is 33.2 Å². The van der Waals surface area contributed by atoms with Gasteiger partial charge in [-0.15, -0.1) is 32.4 Å². The highest BCUT2D eigenvalue weighted by Crippen LogP contribution is 2.37. The highest BCUT2D eigenvalue weighted by Gasteiger charge is 2.32. The predicted octanol–water partition coefficient (Wildman–Crippen LogP) is 8.77. The molecular weight excluding hydrogens is 1380 g/mol. The molecule has 15 heterocycles. The molecule has 534 valence electrons. The minimum atomic E-state index is -4.63. The van der Waals surface area contributed by atoms with Gasteiger partial charge in [-0.25, -0.2) is 33.2 Å². The van der Waals surface area contributed by atoms with E-state index in [2.05, 4.69) is 106 Å². The zero-order chi connectivity index (χ0) is 75.2. The number of carbonyl (C=O) groups is 3. The Balaban J connectivity index is 0.000000142. The van der Waals surface area contributed by atoms with E-state index in [1.807, 2.05) is 76.8 Å². The molecule has 3 aliphatic heterocycles. The lowest BCUT2D eigenvalue weighted by atomic mass is 10.0. The third-order valence-electron chi connectivity index (χ3n) is 18.2. The molecule has 12 aromatic rings. The average molecular weight is 1440 g/mol. The molecule has 15 rings (SSSR count). The van der Waals surface area contributed by atoms with E-state index in [0.717, 1.165) is 63.9 Å². The van der Waals surface area contributed by atoms with E-state index in [0.29, 0.717) is 156 Å². The van der Waals surface area contributed by atoms with Crippen LogP contribution in [0.4, 0.5) is 39.4 Å². The quantitative estimate of drug-likeness (QED) is 0.0815. The number of pyridine rings is 6. The lowest BCUT2D eigenvalue weighted by Crippen LogP contribution is -2.48. The predicted molar refractivity (Wildman–Crippen MR) is 383 cm³/mol. The number of hydrogen-bond donors (Lipinski definition) is 0. The number of halogens is 5. The number of carbonyl (C=O) groups excluding carboxylic acids is 3. The maximum absolute atomic E-state index is 13.0. The lowest BCUT2D eigenvalue weighted by molar-refractivity contribution is -0.212. The monoisotopic (exact) mass is 1440 g/mol. The van der Waals surface area contributed by atoms with Crippen LogP contribution in [0.25, 0.3) is 83.3 Å². The van der Waals surface area contributed by atoms with Crippen LogP contribution in [0.2, 0.25) is 0 Å². The van der Waals surface area contributed by atoms with Crippen LogP contribution in [0.5, 0.6) is 0 Å². The van der Waals surface area contributed by atoms with Crippen molar-refractivity contribution < 1.29 is 36.3 Å². The first kappa shape index (κ1) is 71.2. The third kappa shape index (κ3) is 15.0. The lowest BCUT2D eigenvalue weighted by Gasteiger charge is -2.34. The molecule has 12 aromatic heterocycles. The van der Waals surface area contributed by atoms with E-state index >= 15 is 0 Å². The maximum atomic E-state index is 13.0. The van der Waals surface area contributed by atoms with E-state index in [1.165, 1.54) is 29.3 Å². The van der Waals surface area contributed by atoms with Crippen LogP contribution in [-0.4, -0.2) is 184 Å². The molecule has 0 aliphatic carbocycles. The molecule has 27 nitrogen and oxygen atoms in total. The Labute approximate surface area is 607 Å². The van der Waals surface area contributed by atoms with Gasteiger partial charge in [0, 0.05) is 208 Å². The second-order valence-electron chi connectivity index (χ2n) is 25.3. The van der Waals surface area contributed by atoms with E-state index in [9.17, 15) is 52.1 Å². The summed E-state index contributed by atoms with van der Waals surface area (Å²) in [5, 5.41) is 53.3. The number of alkyl halides is 5. The molecule has 3 aliphatic rings. The van der Waals surface area contributed by atoms with Crippen molar-refractivity contribution >= 4 is 51.7 Å². The van der Waals surface area contributed by atoms with Gasteiger partial charge < -0.3 is 29.4 Å². The number of hydrogen-bond acceptors (Lipinski definition) is 18. The Hall–Kier alpha value is -14.2. The zero-order valence-corrected chi connectivity index (χ0v) is 57.3. The zero-order valence-electron chi connectivity index (χ0n) is 57.3. The maximum Gasteiger partial charge on any atom is 0.504 e. The Kier molecular flexibility index (Phi) is 20.2. The van der Waals surface area contributed by atoms with Crippen molar-refractivity contribution in [3.8, 4) is 122 Å². The fraction of sp³-hybridized carbons (Fsp3) is 0.240. The van der Waals surface area contributed by atoms with Gasteiger partial charge in [-0.3, -0.25) is 19.1 Å². The highest BCUT2D eigenvalue weighted by molar-refractivity contribution is 5.95. The molecule has 107 heavy (non-hydrogen) atoms. The second-order valence-corrected chi connectivity index (χ2v) is 25.3. The number of terminal acetylenes is 3. The van der Waals surface area contributed by atoms with Crippen LogP contribution in [-0.2, 0) is 27.2 Å². The molecule has 0 bridgehead atoms. The summed E-state index contributed by atoms with van der Waals surface area (Å²) in [6, 6.07) is 23.5. The number of amides is 3. The number of aromatic nitrogens is 15. The summed E-state index contributed by atoms with van der Waals surface area (Å²) >= 11 is 0. The third-order valence-corrected chi connectivity index (χ3v) is 18.2. The molecule has 3 amide bonds. The molecule has 32 heteroatoms. The largest absolute Gasteiger partial charge is 0.504 e. The first-order valence-corrected chi connectivity index (χ1v) is 33.4. The Bertz CT molecular complexity index is 5610. The molecule has 0 N–H and O–H groups in total. The number of rotatable bonds is 12. The van der Waals surface area contributed by atoms with Crippen molar-refractivity contribution in [2.24, 2.45) is 5.92 Å². The van der Waals surface area contributed by atoms with Crippen molar-refractivity contribution in [1.29, 1.82) is 15.8 Å². The Morgan fingerprint density at radius 1 is 0.430 bits per heavy atom. The first-order chi connectivity index (χ1) is 51.7. The van der Waals surface area contributed by atoms with Crippen molar-refractivity contribution in [1.82, 2.24) is 87.8 Å². The molecule has 0 atom stereocenters. The van der Waals surface area contributed by atoms with Crippen LogP contribution in [0, 0.1) is 76.9 Å². The van der Waals surface area contributed by atoms with Gasteiger partial charge in [-0.05, 0) is 78.3 Å². The van der Waals surface area contributed by atoms with Crippen molar-refractivity contribution in [3.05, 3.63) is 164 Å². The summed E-state index contributed by atoms with van der Waals surface area (Å²) < 4.78 is 72.4. The number of nitrogens with zero attached hydrogens (tertiary/aromatic N) is 24. The van der Waals surface area contributed by atoms with Crippen LogP contribution in [0.15, 0.2) is 148 Å². The van der Waals surface area contributed by atoms with Gasteiger partial charge in [0.25, 0.3) is 17.7 Å². The van der Waals surface area contributed by atoms with Gasteiger partial charge in [0.15, 0.2) is 0 Å². The number of nitriles is 3. The fourth-order valence-electron chi connectivity index (χ4n) is 12.8. The second kappa shape index (κ2) is 30.4. The Morgan fingerprint density at radius 3 is 1.07 bits per heavy atom. The average Bonchev–Trinajstić information content (AvgIpc) is 1.66. The van der Waals surface area contributed by atoms with Crippen LogP contribution >= 0.6 is 0 Å². The van der Waals surface area contributed by atoms with E-state index in [-0.39, 0.29) is 28.0 Å². The van der Waals surface area contributed by atoms with Crippen molar-refractivity contribution in [2.75, 3.05) is 93.2 Å². The van der Waals surface area contributed by atoms with E-state index < -0.39 is 12.8 Å². The topological polar surface area (TPSA) is 286 Å². The van der Waals surface area contributed by atoms with Gasteiger partial charge in [-0.1, -0.05) is 13.8 Å². The number of piperazine rings is 3. The first-order valence-electron chi connectivity index (χ1n) is 33.4. The van der Waals surface area contributed by atoms with Gasteiger partial charge >= 0.3 is 12.8 Å². The molecule has 0 saturated carbocycles. The molecule has 0 spiro atoms. The highest BCUT2D eigenvalue weighted by atomic mass is 19.4. The van der Waals surface area contributed by atoms with Crippen LogP contribution in [0.1, 0.15) is 37.1 Å². The minimum absolute atomic E-state index is 0.0662. The van der Waals surface area contributed by atoms with Crippen LogP contribution < -0.4 is 14.7 Å². The summed E-state index contributed by atoms with van der Waals surface area (Å²) in [5.41, 5.74) is 11.2. The van der Waals surface area contributed by atoms with Gasteiger partial charge in [-0.2, -0.15) is 59.8 Å². The van der Waals surface area contributed by atoms with Gasteiger partial charge in [0.1, 0.15) is 35.7 Å². The smallest absolute Gasteiger partial charge is 0.353 e. The molecule has 0 aromatic carbocycles. The Morgan fingerprint density at radius 2 is 0.776 bits per heavy atom. The summed E-state index contributed by atoms with van der Waals surface area (Å²) in [7, 11) is 0. The van der Waals surface area contributed by atoms with Gasteiger partial charge in [0.05, 0.1) is 70.4 Å². The summed E-state index contributed by atoms with van der Waals surface area (Å²) in [5.74, 6) is 8.31. The number of anilines is 3. The van der Waals surface area contributed by atoms with Crippen LogP contribution in [0.3, 0.4) is 0 Å². The molecular formula is C75H61F5N24O3. The summed E-state index contributed by atoms with van der Waals surface area (Å²) in [4.78, 5) is 60.2. The standard InChI is InChI=1S/C27H26N8O.C24H17F3N8O.C24H18F2N8O/c1-4-26(36)33-9-7-32(8-10-33)25-6-5-20(13-29-25)24-11-21(18-35-27(24)22(12-28)14-31-35)23-15-30-34(17-23)16-19(2)3;1-2-22(36)33-7-5-32(6-8-33)21-4-3-16(11-29-21)20-9-17(14-34-23(20)18(10-28)12-30-34)19-13-31-35(15-19)24(25,26)27;1-2-22(35)32-7-5-31(6-8-32)21-4-3-16(11-28-21)20-9-17(19-13-30-34(15-19)24(25)26)14-33-23(20)18(10-27)12-29-33/h1,5-6,11,13-15,17-19H,7-10,16H2,2-3H3;1,3-4,9,11-15H,5-8H2;1,3-4,9,11-15,24H,5-8H2. The molecule has 3 saturated heterocycles. The molecule has 0 radical (unpaired) electrons. The van der Waals surface area contributed by atoms with E-state index in [1.54, 1.807) is 60.8 Å². The normalized spacial score (nSPS) is 13.8. The SMILES string of the molecule is C#CC(=O)N1CCN(c2ccc(-c3cc(-c4cnn(C(F)(F)F)c4)cn4ncc(C#N)c34)cn2)CC1.C#CC(=O)N1CCN(c2ccc(-c3cc(-c4cnn(C(F)F)c4)cn4ncc(C#N)c34)cn2)CC1.C#CC(=O)N1CCN(c2ccc(-c3cc(-c4cnn(CC(C)C)c4)cn4ncc(C#N)c34)cn2)CC1. The fourth-order valence-corrected chi connectivity index (χ4v) is 12.8. The van der Waals surface area contributed by atoms with Gasteiger partial charge in [0.2, 0.25) is 0 Å². The minimum Gasteiger partial charge on any atom is -0.353 e. The molecule has 3 fully saturated rings. The summed E-state index contributed by atoms with van der Waals surface area (Å²) in [6.45, 7) is 9.26. The van der Waals surface area contributed by atoms with Crippen molar-refractivity contribution in [3.63, 3.8) is 0 Å². The van der Waals surface area contributed by atoms with E-state index in [4.69, 9.17) is 24.3 Å². The molecule has 0 unspecified atom stereocenters. The summed E-state index contributed by atoms with van der Waals surface area (Å²) in [6.07, 6.45) is 34.3.